The van der Waals surface area contributed by atoms with Crippen molar-refractivity contribution in [3.05, 3.63) is 46.4 Å². The van der Waals surface area contributed by atoms with Gasteiger partial charge in [0.15, 0.2) is 0 Å². The van der Waals surface area contributed by atoms with Crippen LogP contribution in [0.1, 0.15) is 23.1 Å². The zero-order chi connectivity index (χ0) is 12.1. The van der Waals surface area contributed by atoms with Crippen LogP contribution in [0, 0.1) is 0 Å². The lowest BCUT2D eigenvalue weighted by molar-refractivity contribution is 0.167. The van der Waals surface area contributed by atoms with E-state index in [0.717, 1.165) is 17.0 Å². The van der Waals surface area contributed by atoms with Gasteiger partial charge < -0.3 is 9.94 Å². The summed E-state index contributed by atoms with van der Waals surface area (Å²) in [5, 5.41) is 12.5. The van der Waals surface area contributed by atoms with Crippen molar-refractivity contribution in [1.29, 1.82) is 0 Å². The van der Waals surface area contributed by atoms with E-state index < -0.39 is 6.10 Å². The first-order valence-electron chi connectivity index (χ1n) is 5.32. The second-order valence-electron chi connectivity index (χ2n) is 3.69. The molecule has 4 nitrogen and oxygen atoms in total. The molecule has 1 atom stereocenters. The summed E-state index contributed by atoms with van der Waals surface area (Å²) in [5.41, 5.74) is 1.14. The molecule has 2 aromatic rings. The van der Waals surface area contributed by atoms with E-state index >= 15 is 0 Å². The summed E-state index contributed by atoms with van der Waals surface area (Å²) in [6, 6.07) is 7.50. The van der Waals surface area contributed by atoms with Crippen molar-refractivity contribution in [3.63, 3.8) is 0 Å². The van der Waals surface area contributed by atoms with Crippen LogP contribution < -0.4 is 10.7 Å². The number of aliphatic hydroxyl groups is 1. The van der Waals surface area contributed by atoms with E-state index in [1.54, 1.807) is 6.20 Å². The van der Waals surface area contributed by atoms with Crippen LogP contribution in [0.15, 0.2) is 35.8 Å². The summed E-state index contributed by atoms with van der Waals surface area (Å²) in [5.74, 6) is 5.67. The molecule has 1 unspecified atom stereocenters. The highest BCUT2D eigenvalue weighted by atomic mass is 32.1. The molecule has 0 radical (unpaired) electrons. The molecule has 0 aliphatic heterocycles. The summed E-state index contributed by atoms with van der Waals surface area (Å²) in [6.07, 6.45) is 2.68. The van der Waals surface area contributed by atoms with Gasteiger partial charge in [-0.05, 0) is 30.5 Å². The van der Waals surface area contributed by atoms with Crippen LogP contribution in [0.5, 0.6) is 5.75 Å². The number of aryl methyl sites for hydroxylation is 1. The molecule has 90 valence electrons. The van der Waals surface area contributed by atoms with Gasteiger partial charge >= 0.3 is 0 Å². The maximum absolute atomic E-state index is 9.87. The third-order valence-electron chi connectivity index (χ3n) is 2.50. The molecular weight excluding hydrogens is 236 g/mol. The second-order valence-corrected chi connectivity index (χ2v) is 4.61. The van der Waals surface area contributed by atoms with Gasteiger partial charge in [-0.15, -0.1) is 11.3 Å². The molecule has 0 aliphatic carbocycles. The molecule has 0 saturated carbocycles. The Hall–Kier alpha value is -1.43. The minimum atomic E-state index is -0.486. The van der Waals surface area contributed by atoms with Gasteiger partial charge in [-0.3, -0.25) is 0 Å². The third kappa shape index (κ3) is 3.26. The zero-order valence-corrected chi connectivity index (χ0v) is 10.1. The average Bonchev–Trinajstić information content (AvgIpc) is 2.90. The van der Waals surface area contributed by atoms with Gasteiger partial charge in [-0.25, -0.2) is 4.98 Å². The molecule has 17 heavy (non-hydrogen) atoms. The van der Waals surface area contributed by atoms with E-state index in [9.17, 15) is 5.11 Å². The van der Waals surface area contributed by atoms with Crippen molar-refractivity contribution in [1.82, 2.24) is 4.98 Å². The highest BCUT2D eigenvalue weighted by Gasteiger charge is 2.09. The van der Waals surface area contributed by atoms with Crippen molar-refractivity contribution in [2.24, 2.45) is 5.90 Å². The normalized spacial score (nSPS) is 12.4. The Labute approximate surface area is 104 Å². The van der Waals surface area contributed by atoms with Gasteiger partial charge in [0.05, 0.1) is 0 Å². The van der Waals surface area contributed by atoms with Crippen molar-refractivity contribution >= 4 is 11.3 Å². The Bertz CT molecular complexity index is 442. The van der Waals surface area contributed by atoms with Gasteiger partial charge in [0.25, 0.3) is 0 Å². The first kappa shape index (κ1) is 12.0. The number of thiazole rings is 1. The molecular formula is C12H14N2O2S. The quantitative estimate of drug-likeness (QED) is 0.797. The van der Waals surface area contributed by atoms with E-state index in [-0.39, 0.29) is 0 Å². The van der Waals surface area contributed by atoms with Crippen LogP contribution in [0.25, 0.3) is 0 Å². The van der Waals surface area contributed by atoms with Gasteiger partial charge in [-0.2, -0.15) is 5.90 Å². The number of rotatable bonds is 5. The molecule has 1 aromatic heterocycles. The van der Waals surface area contributed by atoms with Gasteiger partial charge in [0.1, 0.15) is 16.9 Å². The summed E-state index contributed by atoms with van der Waals surface area (Å²) in [7, 11) is 0. The minimum absolute atomic E-state index is 0.486. The first-order valence-corrected chi connectivity index (χ1v) is 6.20. The Balaban J connectivity index is 1.89. The molecule has 2 rings (SSSR count). The lowest BCUT2D eigenvalue weighted by atomic mass is 10.1. The van der Waals surface area contributed by atoms with Crippen LogP contribution in [-0.2, 0) is 6.42 Å². The maximum Gasteiger partial charge on any atom is 0.146 e. The van der Waals surface area contributed by atoms with Crippen LogP contribution in [-0.4, -0.2) is 10.1 Å². The van der Waals surface area contributed by atoms with E-state index in [1.807, 2.05) is 29.6 Å². The Morgan fingerprint density at radius 2 is 2.12 bits per heavy atom. The van der Waals surface area contributed by atoms with E-state index in [0.29, 0.717) is 12.2 Å². The van der Waals surface area contributed by atoms with E-state index in [4.69, 9.17) is 5.90 Å². The highest BCUT2D eigenvalue weighted by molar-refractivity contribution is 7.09. The summed E-state index contributed by atoms with van der Waals surface area (Å²) in [4.78, 5) is 8.68. The van der Waals surface area contributed by atoms with E-state index in [2.05, 4.69) is 9.82 Å². The fourth-order valence-electron chi connectivity index (χ4n) is 1.56. The molecule has 3 N–H and O–H groups in total. The topological polar surface area (TPSA) is 68.4 Å². The lowest BCUT2D eigenvalue weighted by Gasteiger charge is -2.07. The zero-order valence-electron chi connectivity index (χ0n) is 9.24. The smallest absolute Gasteiger partial charge is 0.146 e. The molecule has 1 heterocycles. The number of nitrogens with two attached hydrogens (primary N) is 1. The van der Waals surface area contributed by atoms with Crippen LogP contribution in [0.3, 0.4) is 0 Å². The Morgan fingerprint density at radius 3 is 2.71 bits per heavy atom. The van der Waals surface area contributed by atoms with Crippen LogP contribution in [0.2, 0.25) is 0 Å². The SMILES string of the molecule is NOc1ccc(CCC(O)c2nccs2)cc1. The van der Waals surface area contributed by atoms with Gasteiger partial charge in [-0.1, -0.05) is 12.1 Å². The minimum Gasteiger partial charge on any atom is -0.412 e. The predicted octanol–water partition coefficient (Wildman–Crippen LogP) is 2.06. The van der Waals surface area contributed by atoms with Crippen LogP contribution in [0.4, 0.5) is 0 Å². The Kier molecular flexibility index (Phi) is 4.08. The Morgan fingerprint density at radius 1 is 1.35 bits per heavy atom. The highest BCUT2D eigenvalue weighted by Crippen LogP contribution is 2.21. The number of aliphatic hydroxyl groups excluding tert-OH is 1. The number of hydrogen-bond donors (Lipinski definition) is 2. The van der Waals surface area contributed by atoms with Crippen LogP contribution >= 0.6 is 11.3 Å². The number of aromatic nitrogens is 1. The molecule has 5 heteroatoms. The fourth-order valence-corrected chi connectivity index (χ4v) is 2.22. The second kappa shape index (κ2) is 5.77. The van der Waals surface area contributed by atoms with Crippen molar-refractivity contribution in [2.45, 2.75) is 18.9 Å². The number of nitrogens with zero attached hydrogens (tertiary/aromatic N) is 1. The fraction of sp³-hybridized carbons (Fsp3) is 0.250. The molecule has 0 aliphatic rings. The molecule has 0 fully saturated rings. The third-order valence-corrected chi connectivity index (χ3v) is 3.38. The van der Waals surface area contributed by atoms with Gasteiger partial charge in [0, 0.05) is 11.6 Å². The predicted molar refractivity (Wildman–Crippen MR) is 66.7 cm³/mol. The molecule has 0 amide bonds. The first-order chi connectivity index (χ1) is 8.29. The number of hydrogen-bond acceptors (Lipinski definition) is 5. The monoisotopic (exact) mass is 250 g/mol. The molecule has 0 spiro atoms. The molecule has 1 aromatic carbocycles. The largest absolute Gasteiger partial charge is 0.412 e. The molecule has 0 bridgehead atoms. The molecule has 0 saturated heterocycles. The number of benzene rings is 1. The lowest BCUT2D eigenvalue weighted by Crippen LogP contribution is -2.02. The standard InChI is InChI=1S/C12H14N2O2S/c13-16-10-4-1-9(2-5-10)3-6-11(15)12-14-7-8-17-12/h1-2,4-5,7-8,11,15H,3,6,13H2. The van der Waals surface area contributed by atoms with Crippen molar-refractivity contribution in [3.8, 4) is 5.75 Å². The summed E-state index contributed by atoms with van der Waals surface area (Å²) < 4.78 is 0. The maximum atomic E-state index is 9.87. The summed E-state index contributed by atoms with van der Waals surface area (Å²) >= 11 is 1.47. The van der Waals surface area contributed by atoms with Crippen molar-refractivity contribution in [2.75, 3.05) is 0 Å². The van der Waals surface area contributed by atoms with Gasteiger partial charge in [0.2, 0.25) is 0 Å². The van der Waals surface area contributed by atoms with E-state index in [1.165, 1.54) is 11.3 Å². The summed E-state index contributed by atoms with van der Waals surface area (Å²) in [6.45, 7) is 0. The van der Waals surface area contributed by atoms with Crippen molar-refractivity contribution < 1.29 is 9.94 Å². The average molecular weight is 250 g/mol.